The molecule has 0 fully saturated rings. The third-order valence-corrected chi connectivity index (χ3v) is 3.76. The van der Waals surface area contributed by atoms with E-state index < -0.39 is 0 Å². The summed E-state index contributed by atoms with van der Waals surface area (Å²) in [5, 5.41) is -0.206. The van der Waals surface area contributed by atoms with Gasteiger partial charge in [0, 0.05) is 11.6 Å². The van der Waals surface area contributed by atoms with E-state index in [1.807, 2.05) is 42.5 Å². The van der Waals surface area contributed by atoms with Crippen LogP contribution in [-0.2, 0) is 6.42 Å². The zero-order chi connectivity index (χ0) is 15.2. The minimum Gasteiger partial charge on any atom is -0.497 e. The lowest BCUT2D eigenvalue weighted by molar-refractivity contribution is 0.390. The standard InChI is InChI=1S/C17H19ClO3/c1-19-13-8-9-14(17(11-13)21-3)15(18)10-12-6-4-5-7-16(12)20-2/h4-9,11,15H,10H2,1-3H3. The molecule has 1 unspecified atom stereocenters. The lowest BCUT2D eigenvalue weighted by Crippen LogP contribution is -2.01. The number of para-hydroxylation sites is 1. The fourth-order valence-corrected chi connectivity index (χ4v) is 2.60. The molecular formula is C17H19ClO3. The summed E-state index contributed by atoms with van der Waals surface area (Å²) in [6.45, 7) is 0. The molecule has 0 bridgehead atoms. The van der Waals surface area contributed by atoms with Gasteiger partial charge in [0.15, 0.2) is 0 Å². The summed E-state index contributed by atoms with van der Waals surface area (Å²) in [4.78, 5) is 0. The molecular weight excluding hydrogens is 288 g/mol. The molecule has 4 heteroatoms. The lowest BCUT2D eigenvalue weighted by atomic mass is 10.0. The number of rotatable bonds is 6. The fraction of sp³-hybridized carbons (Fsp3) is 0.294. The summed E-state index contributed by atoms with van der Waals surface area (Å²) < 4.78 is 16.0. The summed E-state index contributed by atoms with van der Waals surface area (Å²) >= 11 is 6.57. The Hall–Kier alpha value is -1.87. The summed E-state index contributed by atoms with van der Waals surface area (Å²) in [6, 6.07) is 13.5. The first-order chi connectivity index (χ1) is 10.2. The molecule has 3 nitrogen and oxygen atoms in total. The van der Waals surface area contributed by atoms with Crippen molar-refractivity contribution in [3.05, 3.63) is 53.6 Å². The maximum Gasteiger partial charge on any atom is 0.127 e. The van der Waals surface area contributed by atoms with Gasteiger partial charge in [0.25, 0.3) is 0 Å². The highest BCUT2D eigenvalue weighted by molar-refractivity contribution is 6.21. The van der Waals surface area contributed by atoms with Crippen molar-refractivity contribution in [2.24, 2.45) is 0 Å². The predicted molar refractivity (Wildman–Crippen MR) is 84.8 cm³/mol. The molecule has 0 amide bonds. The Bertz CT molecular complexity index is 598. The van der Waals surface area contributed by atoms with Crippen LogP contribution in [0.25, 0.3) is 0 Å². The van der Waals surface area contributed by atoms with E-state index in [4.69, 9.17) is 25.8 Å². The minimum absolute atomic E-state index is 0.206. The Morgan fingerprint density at radius 2 is 1.62 bits per heavy atom. The Kier molecular flexibility index (Phi) is 5.34. The zero-order valence-electron chi connectivity index (χ0n) is 12.4. The molecule has 1 atom stereocenters. The van der Waals surface area contributed by atoms with Crippen LogP contribution in [0.1, 0.15) is 16.5 Å². The highest BCUT2D eigenvalue weighted by Gasteiger charge is 2.16. The van der Waals surface area contributed by atoms with Gasteiger partial charge < -0.3 is 14.2 Å². The third-order valence-electron chi connectivity index (χ3n) is 3.37. The minimum atomic E-state index is -0.206. The van der Waals surface area contributed by atoms with E-state index in [0.717, 1.165) is 28.4 Å². The number of ether oxygens (including phenoxy) is 3. The van der Waals surface area contributed by atoms with E-state index in [-0.39, 0.29) is 5.38 Å². The maximum atomic E-state index is 6.57. The van der Waals surface area contributed by atoms with E-state index in [2.05, 4.69) is 0 Å². The zero-order valence-corrected chi connectivity index (χ0v) is 13.2. The number of alkyl halides is 1. The van der Waals surface area contributed by atoms with Crippen LogP contribution in [0.15, 0.2) is 42.5 Å². The number of hydrogen-bond acceptors (Lipinski definition) is 3. The molecule has 21 heavy (non-hydrogen) atoms. The van der Waals surface area contributed by atoms with E-state index in [0.29, 0.717) is 6.42 Å². The van der Waals surface area contributed by atoms with Crippen LogP contribution in [0.4, 0.5) is 0 Å². The second-order valence-electron chi connectivity index (χ2n) is 4.59. The molecule has 0 aliphatic heterocycles. The monoisotopic (exact) mass is 306 g/mol. The van der Waals surface area contributed by atoms with Crippen LogP contribution in [0.5, 0.6) is 17.2 Å². The van der Waals surface area contributed by atoms with Gasteiger partial charge in [-0.2, -0.15) is 0 Å². The van der Waals surface area contributed by atoms with Gasteiger partial charge in [0.2, 0.25) is 0 Å². The third kappa shape index (κ3) is 3.61. The van der Waals surface area contributed by atoms with Crippen molar-refractivity contribution >= 4 is 11.6 Å². The van der Waals surface area contributed by atoms with Crippen LogP contribution in [0.3, 0.4) is 0 Å². The lowest BCUT2D eigenvalue weighted by Gasteiger charge is -2.16. The van der Waals surface area contributed by atoms with E-state index in [9.17, 15) is 0 Å². The number of hydrogen-bond donors (Lipinski definition) is 0. The van der Waals surface area contributed by atoms with Crippen LogP contribution < -0.4 is 14.2 Å². The van der Waals surface area contributed by atoms with Crippen LogP contribution in [-0.4, -0.2) is 21.3 Å². The second-order valence-corrected chi connectivity index (χ2v) is 5.12. The molecule has 112 valence electrons. The van der Waals surface area contributed by atoms with Crippen molar-refractivity contribution < 1.29 is 14.2 Å². The molecule has 0 radical (unpaired) electrons. The fourth-order valence-electron chi connectivity index (χ4n) is 2.25. The first-order valence-corrected chi connectivity index (χ1v) is 7.11. The maximum absolute atomic E-state index is 6.57. The normalized spacial score (nSPS) is 11.8. The first kappa shape index (κ1) is 15.5. The quantitative estimate of drug-likeness (QED) is 0.747. The van der Waals surface area contributed by atoms with Crippen molar-refractivity contribution in [3.8, 4) is 17.2 Å². The van der Waals surface area contributed by atoms with Gasteiger partial charge in [-0.1, -0.05) is 24.3 Å². The van der Waals surface area contributed by atoms with Gasteiger partial charge in [-0.25, -0.2) is 0 Å². The second kappa shape index (κ2) is 7.23. The summed E-state index contributed by atoms with van der Waals surface area (Å²) in [5.41, 5.74) is 2.00. The van der Waals surface area contributed by atoms with Gasteiger partial charge in [-0.05, 0) is 24.1 Å². The van der Waals surface area contributed by atoms with Crippen LogP contribution >= 0.6 is 11.6 Å². The molecule has 0 saturated heterocycles. The van der Waals surface area contributed by atoms with Gasteiger partial charge in [-0.3, -0.25) is 0 Å². The van der Waals surface area contributed by atoms with Crippen molar-refractivity contribution in [2.45, 2.75) is 11.8 Å². The topological polar surface area (TPSA) is 27.7 Å². The molecule has 0 N–H and O–H groups in total. The van der Waals surface area contributed by atoms with E-state index in [1.54, 1.807) is 21.3 Å². The van der Waals surface area contributed by atoms with Gasteiger partial charge in [-0.15, -0.1) is 11.6 Å². The average molecular weight is 307 g/mol. The number of halogens is 1. The van der Waals surface area contributed by atoms with Crippen molar-refractivity contribution in [1.82, 2.24) is 0 Å². The summed E-state index contributed by atoms with van der Waals surface area (Å²) in [5.74, 6) is 2.32. The van der Waals surface area contributed by atoms with Crippen molar-refractivity contribution in [1.29, 1.82) is 0 Å². The Balaban J connectivity index is 2.25. The SMILES string of the molecule is COc1ccc(C(Cl)Cc2ccccc2OC)c(OC)c1. The average Bonchev–Trinajstić information content (AvgIpc) is 2.54. The molecule has 0 heterocycles. The number of benzene rings is 2. The summed E-state index contributed by atoms with van der Waals surface area (Å²) in [7, 11) is 4.92. The van der Waals surface area contributed by atoms with Gasteiger partial charge >= 0.3 is 0 Å². The van der Waals surface area contributed by atoms with Gasteiger partial charge in [0.1, 0.15) is 17.2 Å². The first-order valence-electron chi connectivity index (χ1n) is 6.67. The predicted octanol–water partition coefficient (Wildman–Crippen LogP) is 4.24. The molecule has 2 rings (SSSR count). The van der Waals surface area contributed by atoms with E-state index in [1.165, 1.54) is 0 Å². The highest BCUT2D eigenvalue weighted by Crippen LogP contribution is 2.36. The smallest absolute Gasteiger partial charge is 0.127 e. The molecule has 0 aliphatic carbocycles. The van der Waals surface area contributed by atoms with Crippen LogP contribution in [0, 0.1) is 0 Å². The van der Waals surface area contributed by atoms with E-state index >= 15 is 0 Å². The van der Waals surface area contributed by atoms with Gasteiger partial charge in [0.05, 0.1) is 26.7 Å². The van der Waals surface area contributed by atoms with Crippen LogP contribution in [0.2, 0.25) is 0 Å². The molecule has 2 aromatic carbocycles. The summed E-state index contributed by atoms with van der Waals surface area (Å²) in [6.07, 6.45) is 0.661. The Labute approximate surface area is 130 Å². The number of methoxy groups -OCH3 is 3. The largest absolute Gasteiger partial charge is 0.497 e. The highest BCUT2D eigenvalue weighted by atomic mass is 35.5. The van der Waals surface area contributed by atoms with Crippen molar-refractivity contribution in [3.63, 3.8) is 0 Å². The molecule has 0 spiro atoms. The molecule has 2 aromatic rings. The Morgan fingerprint density at radius 1 is 0.905 bits per heavy atom. The molecule has 0 saturated carbocycles. The molecule has 0 aliphatic rings. The Morgan fingerprint density at radius 3 is 2.29 bits per heavy atom. The molecule has 0 aromatic heterocycles. The van der Waals surface area contributed by atoms with Crippen molar-refractivity contribution in [2.75, 3.05) is 21.3 Å².